The van der Waals surface area contributed by atoms with E-state index in [4.69, 9.17) is 14.5 Å². The van der Waals surface area contributed by atoms with E-state index in [1.54, 1.807) is 0 Å². The van der Waals surface area contributed by atoms with Gasteiger partial charge in [0.2, 0.25) is 0 Å². The van der Waals surface area contributed by atoms with Crippen LogP contribution in [0, 0.1) is 5.92 Å². The standard InChI is InChI=1S/C27H27NO3/c1-2-31-26(29)27(18-24(27)20-30-19-21-12-6-3-7-13-21)28-25(22-14-8-4-9-15-22)23-16-10-5-11-17-23/h3-17,24H,2,18-20H2,1H3/t24?,27-/m0/s1. The summed E-state index contributed by atoms with van der Waals surface area (Å²) in [4.78, 5) is 18.0. The number of ether oxygens (including phenoxy) is 2. The normalized spacial score (nSPS) is 19.5. The predicted molar refractivity (Wildman–Crippen MR) is 122 cm³/mol. The minimum Gasteiger partial charge on any atom is -0.464 e. The fourth-order valence-electron chi connectivity index (χ4n) is 3.78. The summed E-state index contributed by atoms with van der Waals surface area (Å²) in [5.41, 5.74) is 2.98. The Morgan fingerprint density at radius 2 is 1.45 bits per heavy atom. The highest BCUT2D eigenvalue weighted by Gasteiger charge is 2.62. The second-order valence-corrected chi connectivity index (χ2v) is 7.74. The van der Waals surface area contributed by atoms with Crippen LogP contribution in [0.2, 0.25) is 0 Å². The number of aliphatic imine (C=N–C) groups is 1. The number of esters is 1. The van der Waals surface area contributed by atoms with Gasteiger partial charge in [0, 0.05) is 17.0 Å². The maximum absolute atomic E-state index is 13.0. The number of carbonyl (C=O) groups excluding carboxylic acids is 1. The average molecular weight is 414 g/mol. The zero-order chi connectivity index (χ0) is 21.5. The summed E-state index contributed by atoms with van der Waals surface area (Å²) in [5, 5.41) is 0. The van der Waals surface area contributed by atoms with Gasteiger partial charge in [-0.25, -0.2) is 4.79 Å². The average Bonchev–Trinajstić information content (AvgIpc) is 3.53. The van der Waals surface area contributed by atoms with Crippen LogP contribution in [0.4, 0.5) is 0 Å². The Balaban J connectivity index is 1.60. The fraction of sp³-hybridized carbons (Fsp3) is 0.259. The first-order valence-corrected chi connectivity index (χ1v) is 10.7. The van der Waals surface area contributed by atoms with Gasteiger partial charge in [0.05, 0.1) is 25.5 Å². The van der Waals surface area contributed by atoms with E-state index in [0.29, 0.717) is 26.2 Å². The molecule has 4 nitrogen and oxygen atoms in total. The number of hydrogen-bond donors (Lipinski definition) is 0. The van der Waals surface area contributed by atoms with Crippen LogP contribution in [0.15, 0.2) is 96.0 Å². The molecule has 0 aromatic heterocycles. The third kappa shape index (κ3) is 4.92. The van der Waals surface area contributed by atoms with E-state index < -0.39 is 5.54 Å². The van der Waals surface area contributed by atoms with Crippen molar-refractivity contribution < 1.29 is 14.3 Å². The molecule has 0 saturated heterocycles. The minimum atomic E-state index is -0.895. The van der Waals surface area contributed by atoms with E-state index in [1.807, 2.05) is 97.9 Å². The summed E-state index contributed by atoms with van der Waals surface area (Å²) in [6, 6.07) is 30.0. The SMILES string of the molecule is CCOC(=O)[C@]1(N=C(c2ccccc2)c2ccccc2)CC1COCc1ccccc1. The van der Waals surface area contributed by atoms with E-state index >= 15 is 0 Å². The lowest BCUT2D eigenvalue weighted by Crippen LogP contribution is -2.29. The lowest BCUT2D eigenvalue weighted by Gasteiger charge is -2.16. The topological polar surface area (TPSA) is 47.9 Å². The van der Waals surface area contributed by atoms with Crippen LogP contribution < -0.4 is 0 Å². The van der Waals surface area contributed by atoms with Crippen molar-refractivity contribution >= 4 is 11.7 Å². The Hall–Kier alpha value is -3.24. The second kappa shape index (κ2) is 9.71. The van der Waals surface area contributed by atoms with Gasteiger partial charge in [0.15, 0.2) is 5.54 Å². The highest BCUT2D eigenvalue weighted by atomic mass is 16.5. The molecule has 31 heavy (non-hydrogen) atoms. The van der Waals surface area contributed by atoms with Crippen molar-refractivity contribution in [2.24, 2.45) is 10.9 Å². The lowest BCUT2D eigenvalue weighted by molar-refractivity contribution is -0.146. The van der Waals surface area contributed by atoms with Crippen molar-refractivity contribution in [3.05, 3.63) is 108 Å². The molecule has 0 heterocycles. The van der Waals surface area contributed by atoms with Crippen molar-refractivity contribution in [2.45, 2.75) is 25.5 Å². The first kappa shape index (κ1) is 21.0. The molecule has 0 bridgehead atoms. The molecule has 158 valence electrons. The number of benzene rings is 3. The number of rotatable bonds is 9. The van der Waals surface area contributed by atoms with Crippen LogP contribution in [0.5, 0.6) is 0 Å². The summed E-state index contributed by atoms with van der Waals surface area (Å²) < 4.78 is 11.4. The highest BCUT2D eigenvalue weighted by Crippen LogP contribution is 2.49. The third-order valence-electron chi connectivity index (χ3n) is 5.54. The van der Waals surface area contributed by atoms with Crippen LogP contribution in [0.1, 0.15) is 30.0 Å². The Kier molecular flexibility index (Phi) is 6.58. The van der Waals surface area contributed by atoms with Gasteiger partial charge in [0.25, 0.3) is 0 Å². The summed E-state index contributed by atoms with van der Waals surface area (Å²) >= 11 is 0. The molecule has 1 saturated carbocycles. The second-order valence-electron chi connectivity index (χ2n) is 7.74. The van der Waals surface area contributed by atoms with E-state index in [1.165, 1.54) is 0 Å². The van der Waals surface area contributed by atoms with Crippen LogP contribution in [-0.4, -0.2) is 30.4 Å². The molecule has 0 spiro atoms. The Labute approximate surface area is 183 Å². The Morgan fingerprint density at radius 1 is 0.903 bits per heavy atom. The quantitative estimate of drug-likeness (QED) is 0.364. The molecule has 4 rings (SSSR count). The molecule has 4 heteroatoms. The smallest absolute Gasteiger partial charge is 0.334 e. The van der Waals surface area contributed by atoms with E-state index in [0.717, 1.165) is 22.4 Å². The van der Waals surface area contributed by atoms with Crippen LogP contribution in [-0.2, 0) is 20.9 Å². The zero-order valence-electron chi connectivity index (χ0n) is 17.7. The molecule has 0 amide bonds. The first-order valence-electron chi connectivity index (χ1n) is 10.7. The van der Waals surface area contributed by atoms with Crippen LogP contribution in [0.25, 0.3) is 0 Å². The highest BCUT2D eigenvalue weighted by molar-refractivity contribution is 6.14. The summed E-state index contributed by atoms with van der Waals surface area (Å²) in [6.07, 6.45) is 0.629. The van der Waals surface area contributed by atoms with Crippen molar-refractivity contribution in [1.82, 2.24) is 0 Å². The van der Waals surface area contributed by atoms with Crippen molar-refractivity contribution in [3.63, 3.8) is 0 Å². The molecule has 3 aromatic carbocycles. The third-order valence-corrected chi connectivity index (χ3v) is 5.54. The molecular formula is C27H27NO3. The molecular weight excluding hydrogens is 386 g/mol. The molecule has 0 radical (unpaired) electrons. The van der Waals surface area contributed by atoms with Gasteiger partial charge in [-0.3, -0.25) is 4.99 Å². The van der Waals surface area contributed by atoms with Gasteiger partial charge in [-0.15, -0.1) is 0 Å². The van der Waals surface area contributed by atoms with Crippen molar-refractivity contribution in [2.75, 3.05) is 13.2 Å². The van der Waals surface area contributed by atoms with Gasteiger partial charge in [-0.05, 0) is 18.9 Å². The maximum atomic E-state index is 13.0. The lowest BCUT2D eigenvalue weighted by atomic mass is 10.0. The van der Waals surface area contributed by atoms with Gasteiger partial charge in [-0.2, -0.15) is 0 Å². The molecule has 1 aliphatic carbocycles. The maximum Gasteiger partial charge on any atom is 0.334 e. The number of carbonyl (C=O) groups is 1. The Morgan fingerprint density at radius 3 is 2.00 bits per heavy atom. The van der Waals surface area contributed by atoms with E-state index in [2.05, 4.69) is 0 Å². The van der Waals surface area contributed by atoms with Gasteiger partial charge >= 0.3 is 5.97 Å². The van der Waals surface area contributed by atoms with E-state index in [9.17, 15) is 4.79 Å². The molecule has 0 aliphatic heterocycles. The van der Waals surface area contributed by atoms with E-state index in [-0.39, 0.29) is 11.9 Å². The van der Waals surface area contributed by atoms with Crippen LogP contribution in [0.3, 0.4) is 0 Å². The van der Waals surface area contributed by atoms with Gasteiger partial charge in [0.1, 0.15) is 0 Å². The molecule has 2 atom stereocenters. The molecule has 1 unspecified atom stereocenters. The van der Waals surface area contributed by atoms with Crippen molar-refractivity contribution in [3.8, 4) is 0 Å². The summed E-state index contributed by atoms with van der Waals surface area (Å²) in [6.45, 7) is 3.14. The minimum absolute atomic E-state index is 0.00214. The van der Waals surface area contributed by atoms with Crippen molar-refractivity contribution in [1.29, 1.82) is 0 Å². The molecule has 1 fully saturated rings. The van der Waals surface area contributed by atoms with Gasteiger partial charge in [-0.1, -0.05) is 91.0 Å². The summed E-state index contributed by atoms with van der Waals surface area (Å²) in [7, 11) is 0. The summed E-state index contributed by atoms with van der Waals surface area (Å²) in [5.74, 6) is -0.273. The Bertz CT molecular complexity index is 977. The molecule has 0 N–H and O–H groups in total. The predicted octanol–water partition coefficient (Wildman–Crippen LogP) is 5.06. The van der Waals surface area contributed by atoms with Crippen LogP contribution >= 0.6 is 0 Å². The first-order chi connectivity index (χ1) is 15.2. The molecule has 3 aromatic rings. The fourth-order valence-corrected chi connectivity index (χ4v) is 3.78. The molecule has 1 aliphatic rings. The number of hydrogen-bond acceptors (Lipinski definition) is 4. The largest absolute Gasteiger partial charge is 0.464 e. The number of nitrogens with zero attached hydrogens (tertiary/aromatic N) is 1. The van der Waals surface area contributed by atoms with Gasteiger partial charge < -0.3 is 9.47 Å². The monoisotopic (exact) mass is 413 g/mol. The zero-order valence-corrected chi connectivity index (χ0v) is 17.7.